The third kappa shape index (κ3) is 2.85. The van der Waals surface area contributed by atoms with Crippen LogP contribution in [0.5, 0.6) is 0 Å². The lowest BCUT2D eigenvalue weighted by atomic mass is 9.79. The van der Waals surface area contributed by atoms with E-state index in [1.165, 1.54) is 5.57 Å². The third-order valence-corrected chi connectivity index (χ3v) is 3.56. The molecule has 0 spiro atoms. The van der Waals surface area contributed by atoms with Gasteiger partial charge >= 0.3 is 5.97 Å². The summed E-state index contributed by atoms with van der Waals surface area (Å²) in [7, 11) is 0. The summed E-state index contributed by atoms with van der Waals surface area (Å²) in [6.45, 7) is 4.28. The van der Waals surface area contributed by atoms with Gasteiger partial charge in [-0.25, -0.2) is 0 Å². The second kappa shape index (κ2) is 4.58. The summed E-state index contributed by atoms with van der Waals surface area (Å²) in [5.41, 5.74) is 1.34. The fourth-order valence-corrected chi connectivity index (χ4v) is 2.76. The van der Waals surface area contributed by atoms with Crippen LogP contribution in [0.25, 0.3) is 0 Å². The van der Waals surface area contributed by atoms with Gasteiger partial charge in [0.25, 0.3) is 0 Å². The number of hydrogen-bond acceptors (Lipinski definition) is 2. The van der Waals surface area contributed by atoms with E-state index in [4.69, 9.17) is 0 Å². The van der Waals surface area contributed by atoms with Crippen molar-refractivity contribution < 1.29 is 9.90 Å². The summed E-state index contributed by atoms with van der Waals surface area (Å²) in [4.78, 5) is 11.3. The van der Waals surface area contributed by atoms with E-state index in [2.05, 4.69) is 25.2 Å². The molecule has 0 aromatic rings. The van der Waals surface area contributed by atoms with Crippen molar-refractivity contribution in [1.29, 1.82) is 0 Å². The van der Waals surface area contributed by atoms with Crippen LogP contribution in [0, 0.1) is 11.8 Å². The predicted molar refractivity (Wildman–Crippen MR) is 63.2 cm³/mol. The first-order valence-corrected chi connectivity index (χ1v) is 6.22. The van der Waals surface area contributed by atoms with Crippen LogP contribution >= 0.6 is 0 Å². The van der Waals surface area contributed by atoms with Gasteiger partial charge in [-0.2, -0.15) is 0 Å². The van der Waals surface area contributed by atoms with Crippen LogP contribution in [-0.2, 0) is 4.79 Å². The van der Waals surface area contributed by atoms with Gasteiger partial charge in [0.1, 0.15) is 6.04 Å². The van der Waals surface area contributed by atoms with Gasteiger partial charge in [0.15, 0.2) is 0 Å². The Bertz CT molecular complexity index is 307. The normalized spacial score (nSPS) is 32.0. The third-order valence-electron chi connectivity index (χ3n) is 3.56. The van der Waals surface area contributed by atoms with E-state index in [0.717, 1.165) is 25.7 Å². The summed E-state index contributed by atoms with van der Waals surface area (Å²) in [5.74, 6) is 0.0958. The molecular formula is C13H21NO2. The molecule has 0 aromatic heterocycles. The summed E-state index contributed by atoms with van der Waals surface area (Å²) < 4.78 is 0. The van der Waals surface area contributed by atoms with Crippen molar-refractivity contribution in [3.8, 4) is 0 Å². The van der Waals surface area contributed by atoms with Gasteiger partial charge in [-0.05, 0) is 44.4 Å². The van der Waals surface area contributed by atoms with Crippen molar-refractivity contribution in [2.24, 2.45) is 11.8 Å². The van der Waals surface area contributed by atoms with Crippen molar-refractivity contribution in [1.82, 2.24) is 5.32 Å². The summed E-state index contributed by atoms with van der Waals surface area (Å²) in [6, 6.07) is 0.112. The Hall–Kier alpha value is -0.830. The number of carboxylic acid groups (broad SMARTS) is 1. The van der Waals surface area contributed by atoms with Gasteiger partial charge in [-0.3, -0.25) is 4.79 Å². The molecule has 0 aliphatic heterocycles. The molecule has 2 rings (SSSR count). The Morgan fingerprint density at radius 2 is 2.25 bits per heavy atom. The molecule has 0 amide bonds. The first-order valence-electron chi connectivity index (χ1n) is 6.22. The number of hydrogen-bond donors (Lipinski definition) is 2. The number of nitrogens with one attached hydrogen (secondary N) is 1. The van der Waals surface area contributed by atoms with Crippen molar-refractivity contribution in [3.63, 3.8) is 0 Å². The molecule has 90 valence electrons. The Labute approximate surface area is 96.9 Å². The van der Waals surface area contributed by atoms with Gasteiger partial charge in [0, 0.05) is 6.04 Å². The molecule has 0 saturated heterocycles. The molecule has 2 aliphatic carbocycles. The van der Waals surface area contributed by atoms with Crippen molar-refractivity contribution in [3.05, 3.63) is 11.6 Å². The van der Waals surface area contributed by atoms with Gasteiger partial charge in [-0.1, -0.05) is 18.6 Å². The largest absolute Gasteiger partial charge is 0.480 e. The minimum atomic E-state index is -0.682. The SMILES string of the molecule is CC1=CC(C)CC(C(NC2CC2)C(=O)O)C1. The van der Waals surface area contributed by atoms with Crippen LogP contribution in [0.4, 0.5) is 0 Å². The predicted octanol–water partition coefficient (Wildman–Crippen LogP) is 2.18. The van der Waals surface area contributed by atoms with Gasteiger partial charge in [0.05, 0.1) is 0 Å². The molecule has 1 saturated carbocycles. The quantitative estimate of drug-likeness (QED) is 0.718. The molecule has 0 aromatic carbocycles. The first-order chi connectivity index (χ1) is 7.56. The molecule has 3 heteroatoms. The minimum Gasteiger partial charge on any atom is -0.480 e. The maximum Gasteiger partial charge on any atom is 0.321 e. The highest BCUT2D eigenvalue weighted by atomic mass is 16.4. The highest BCUT2D eigenvalue weighted by molar-refractivity contribution is 5.74. The Morgan fingerprint density at radius 3 is 2.75 bits per heavy atom. The lowest BCUT2D eigenvalue weighted by Gasteiger charge is -2.30. The van der Waals surface area contributed by atoms with Crippen molar-refractivity contribution in [2.75, 3.05) is 0 Å². The summed E-state index contributed by atoms with van der Waals surface area (Å²) in [5, 5.41) is 12.6. The smallest absolute Gasteiger partial charge is 0.321 e. The first kappa shape index (κ1) is 11.6. The van der Waals surface area contributed by atoms with Crippen LogP contribution in [-0.4, -0.2) is 23.2 Å². The molecule has 2 aliphatic rings. The fourth-order valence-electron chi connectivity index (χ4n) is 2.76. The van der Waals surface area contributed by atoms with Crippen molar-refractivity contribution >= 4 is 5.97 Å². The van der Waals surface area contributed by atoms with Crippen LogP contribution < -0.4 is 5.32 Å². The lowest BCUT2D eigenvalue weighted by Crippen LogP contribution is -2.45. The number of aliphatic carboxylic acids is 1. The highest BCUT2D eigenvalue weighted by Crippen LogP contribution is 2.32. The molecule has 1 fully saturated rings. The molecule has 2 N–H and O–H groups in total. The van der Waals surface area contributed by atoms with Gasteiger partial charge in [-0.15, -0.1) is 0 Å². The highest BCUT2D eigenvalue weighted by Gasteiger charge is 2.35. The summed E-state index contributed by atoms with van der Waals surface area (Å²) in [6.07, 6.45) is 6.48. The monoisotopic (exact) mass is 223 g/mol. The van der Waals surface area contributed by atoms with Crippen LogP contribution in [0.1, 0.15) is 39.5 Å². The average Bonchev–Trinajstić information content (AvgIpc) is 2.95. The fraction of sp³-hybridized carbons (Fsp3) is 0.769. The molecule has 0 heterocycles. The van der Waals surface area contributed by atoms with Crippen LogP contribution in [0.15, 0.2) is 11.6 Å². The van der Waals surface area contributed by atoms with E-state index in [0.29, 0.717) is 12.0 Å². The minimum absolute atomic E-state index is 0.262. The zero-order chi connectivity index (χ0) is 11.7. The number of carboxylic acids is 1. The molecule has 0 bridgehead atoms. The maximum absolute atomic E-state index is 11.3. The Kier molecular flexibility index (Phi) is 3.33. The van der Waals surface area contributed by atoms with E-state index in [1.54, 1.807) is 0 Å². The van der Waals surface area contributed by atoms with E-state index in [9.17, 15) is 9.90 Å². The molecule has 3 atom stereocenters. The number of rotatable bonds is 4. The standard InChI is InChI=1S/C13H21NO2/c1-8-5-9(2)7-10(6-8)12(13(15)16)14-11-3-4-11/h5,8,10-12,14H,3-4,6-7H2,1-2H3,(H,15,16). The van der Waals surface area contributed by atoms with Gasteiger partial charge in [0.2, 0.25) is 0 Å². The lowest BCUT2D eigenvalue weighted by molar-refractivity contribution is -0.141. The van der Waals surface area contributed by atoms with E-state index >= 15 is 0 Å². The molecule has 3 nitrogen and oxygen atoms in total. The maximum atomic E-state index is 11.3. The van der Waals surface area contributed by atoms with Crippen LogP contribution in [0.2, 0.25) is 0 Å². The van der Waals surface area contributed by atoms with Gasteiger partial charge < -0.3 is 10.4 Å². The average molecular weight is 223 g/mol. The number of carbonyl (C=O) groups is 1. The van der Waals surface area contributed by atoms with Crippen molar-refractivity contribution in [2.45, 2.75) is 51.6 Å². The van der Waals surface area contributed by atoms with E-state index in [-0.39, 0.29) is 12.0 Å². The number of allylic oxidation sites excluding steroid dienone is 2. The Morgan fingerprint density at radius 1 is 1.56 bits per heavy atom. The second-order valence-corrected chi connectivity index (χ2v) is 5.45. The Balaban J connectivity index is 2.01. The molecule has 0 radical (unpaired) electrons. The zero-order valence-corrected chi connectivity index (χ0v) is 10.1. The summed E-state index contributed by atoms with van der Waals surface area (Å²) >= 11 is 0. The second-order valence-electron chi connectivity index (χ2n) is 5.45. The topological polar surface area (TPSA) is 49.3 Å². The van der Waals surface area contributed by atoms with E-state index < -0.39 is 5.97 Å². The zero-order valence-electron chi connectivity index (χ0n) is 10.1. The molecule has 3 unspecified atom stereocenters. The molecular weight excluding hydrogens is 202 g/mol. The molecule has 16 heavy (non-hydrogen) atoms. The van der Waals surface area contributed by atoms with E-state index in [1.807, 2.05) is 0 Å². The van der Waals surface area contributed by atoms with Crippen LogP contribution in [0.3, 0.4) is 0 Å².